The van der Waals surface area contributed by atoms with Gasteiger partial charge in [0, 0.05) is 9.84 Å². The Labute approximate surface area is 166 Å². The van der Waals surface area contributed by atoms with Crippen LogP contribution in [0.1, 0.15) is 62.5 Å². The molecule has 0 radical (unpaired) electrons. The molecule has 0 N–H and O–H groups in total. The third-order valence-electron chi connectivity index (χ3n) is 7.17. The molecule has 1 unspecified atom stereocenters. The van der Waals surface area contributed by atoms with E-state index in [1.54, 1.807) is 0 Å². The van der Waals surface area contributed by atoms with Crippen molar-refractivity contribution < 1.29 is 17.6 Å². The van der Waals surface area contributed by atoms with Gasteiger partial charge >= 0.3 is 0 Å². The van der Waals surface area contributed by atoms with Gasteiger partial charge in [0.1, 0.15) is 0 Å². The average Bonchev–Trinajstić information content (AvgIpc) is 2.90. The van der Waals surface area contributed by atoms with Crippen LogP contribution < -0.4 is 0 Å². The van der Waals surface area contributed by atoms with Gasteiger partial charge in [-0.1, -0.05) is 28.7 Å². The summed E-state index contributed by atoms with van der Waals surface area (Å²) >= 11 is 2.53. The zero-order valence-corrected chi connectivity index (χ0v) is 17.0. The van der Waals surface area contributed by atoms with Crippen molar-refractivity contribution in [1.29, 1.82) is 0 Å². The largest absolute Gasteiger partial charge is 0.279 e. The Hall–Kier alpha value is -0.330. The molecule has 2 fully saturated rings. The maximum atomic E-state index is 14.9. The normalized spacial score (nSPS) is 36.7. The van der Waals surface area contributed by atoms with Gasteiger partial charge in [-0.05, 0) is 87.2 Å². The van der Waals surface area contributed by atoms with Gasteiger partial charge in [-0.2, -0.15) is 0 Å². The molecule has 1 aromatic carbocycles. The summed E-state index contributed by atoms with van der Waals surface area (Å²) in [6.45, 7) is 0. The maximum absolute atomic E-state index is 14.9. The summed E-state index contributed by atoms with van der Waals surface area (Å²) in [4.78, 5) is 0. The van der Waals surface area contributed by atoms with Gasteiger partial charge in [0.25, 0.3) is 5.92 Å². The molecule has 4 rings (SSSR count). The van der Waals surface area contributed by atoms with Crippen LogP contribution in [0.15, 0.2) is 12.1 Å². The summed E-state index contributed by atoms with van der Waals surface area (Å²) in [5, 5.41) is 0. The van der Waals surface area contributed by atoms with Gasteiger partial charge in [-0.25, -0.2) is 17.6 Å². The van der Waals surface area contributed by atoms with Gasteiger partial charge in [-0.3, -0.25) is 0 Å². The van der Waals surface area contributed by atoms with Crippen LogP contribution >= 0.6 is 22.6 Å². The predicted molar refractivity (Wildman–Crippen MR) is 103 cm³/mol. The summed E-state index contributed by atoms with van der Waals surface area (Å²) < 4.78 is 58.1. The molecule has 2 saturated carbocycles. The lowest BCUT2D eigenvalue weighted by Gasteiger charge is -2.39. The van der Waals surface area contributed by atoms with Crippen molar-refractivity contribution in [2.75, 3.05) is 0 Å². The Morgan fingerprint density at radius 3 is 1.96 bits per heavy atom. The fraction of sp³-hybridized carbons (Fsp3) is 0.714. The quantitative estimate of drug-likeness (QED) is 0.242. The van der Waals surface area contributed by atoms with Gasteiger partial charge < -0.3 is 0 Å². The Morgan fingerprint density at radius 2 is 1.35 bits per heavy atom. The van der Waals surface area contributed by atoms with Crippen LogP contribution in [0.2, 0.25) is 0 Å². The molecule has 144 valence electrons. The fourth-order valence-electron chi connectivity index (χ4n) is 5.70. The lowest BCUT2D eigenvalue weighted by Crippen LogP contribution is -2.33. The van der Waals surface area contributed by atoms with Crippen molar-refractivity contribution in [1.82, 2.24) is 0 Å². The molecular weight excluding hydrogens is 455 g/mol. The fourth-order valence-corrected chi connectivity index (χ4v) is 6.42. The van der Waals surface area contributed by atoms with E-state index in [9.17, 15) is 17.6 Å². The van der Waals surface area contributed by atoms with E-state index in [4.69, 9.17) is 0 Å². The second-order valence-electron chi connectivity index (χ2n) is 8.52. The molecule has 1 aromatic rings. The van der Waals surface area contributed by atoms with Crippen LogP contribution in [0.25, 0.3) is 0 Å². The summed E-state index contributed by atoms with van der Waals surface area (Å²) in [7, 11) is 0. The predicted octanol–water partition coefficient (Wildman–Crippen LogP) is 7.03. The van der Waals surface area contributed by atoms with E-state index in [0.717, 1.165) is 41.6 Å². The molecular formula is C21H25F4I. The Balaban J connectivity index is 1.43. The van der Waals surface area contributed by atoms with Crippen LogP contribution in [-0.4, -0.2) is 3.92 Å². The minimum absolute atomic E-state index is 0.0861. The highest BCUT2D eigenvalue weighted by molar-refractivity contribution is 14.1. The number of fused-ring (bicyclic) bond motifs is 1. The molecule has 0 heterocycles. The molecule has 0 nitrogen and oxygen atoms in total. The first-order chi connectivity index (χ1) is 12.4. The first-order valence-electron chi connectivity index (χ1n) is 9.87. The van der Waals surface area contributed by atoms with Crippen molar-refractivity contribution in [3.8, 4) is 0 Å². The molecule has 0 saturated heterocycles. The van der Waals surface area contributed by atoms with E-state index in [2.05, 4.69) is 22.6 Å². The monoisotopic (exact) mass is 480 g/mol. The van der Waals surface area contributed by atoms with Gasteiger partial charge in [0.2, 0.25) is 0 Å². The number of halogens is 5. The van der Waals surface area contributed by atoms with Gasteiger partial charge in [-0.15, -0.1) is 0 Å². The zero-order valence-electron chi connectivity index (χ0n) is 14.8. The SMILES string of the molecule is Fc1ccc2c(c1F)C(F)(F)C(C1CCC(C3CCC(I)CC3)CC1)C2. The molecule has 0 spiro atoms. The van der Waals surface area contributed by atoms with Crippen molar-refractivity contribution in [2.24, 2.45) is 23.7 Å². The van der Waals surface area contributed by atoms with Crippen LogP contribution in [0.5, 0.6) is 0 Å². The Bertz CT molecular complexity index is 658. The van der Waals surface area contributed by atoms with E-state index in [0.29, 0.717) is 11.5 Å². The molecule has 3 aliphatic rings. The highest BCUT2D eigenvalue weighted by Crippen LogP contribution is 2.54. The summed E-state index contributed by atoms with van der Waals surface area (Å²) in [5.74, 6) is -5.30. The molecule has 5 heteroatoms. The topological polar surface area (TPSA) is 0 Å². The van der Waals surface area contributed by atoms with E-state index in [1.807, 2.05) is 0 Å². The average molecular weight is 480 g/mol. The van der Waals surface area contributed by atoms with E-state index < -0.39 is 29.0 Å². The first kappa shape index (κ1) is 19.0. The number of benzene rings is 1. The number of hydrogen-bond donors (Lipinski definition) is 0. The molecule has 0 aromatic heterocycles. The summed E-state index contributed by atoms with van der Waals surface area (Å²) in [5.41, 5.74) is -0.383. The molecule has 26 heavy (non-hydrogen) atoms. The summed E-state index contributed by atoms with van der Waals surface area (Å²) in [6.07, 6.45) is 8.92. The van der Waals surface area contributed by atoms with Crippen molar-refractivity contribution in [3.05, 3.63) is 34.9 Å². The second-order valence-corrected chi connectivity index (χ2v) is 10.3. The molecule has 0 aliphatic heterocycles. The van der Waals surface area contributed by atoms with E-state index in [-0.39, 0.29) is 12.3 Å². The first-order valence-corrected chi connectivity index (χ1v) is 11.1. The highest BCUT2D eigenvalue weighted by Gasteiger charge is 2.54. The third kappa shape index (κ3) is 3.30. The second kappa shape index (κ2) is 7.25. The molecule has 1 atom stereocenters. The van der Waals surface area contributed by atoms with Crippen molar-refractivity contribution >= 4 is 22.6 Å². The molecule has 0 bridgehead atoms. The minimum atomic E-state index is -3.25. The standard InChI is InChI=1S/C21H25F4I/c22-18-10-7-15-11-17(21(24,25)19(15)20(18)23)14-3-1-12(2-4-14)13-5-8-16(26)9-6-13/h7,10,12-14,16-17H,1-6,8-9,11H2. The Morgan fingerprint density at radius 1 is 0.808 bits per heavy atom. The maximum Gasteiger partial charge on any atom is 0.279 e. The zero-order chi connectivity index (χ0) is 18.5. The number of hydrogen-bond acceptors (Lipinski definition) is 0. The van der Waals surface area contributed by atoms with Crippen LogP contribution in [0.3, 0.4) is 0 Å². The molecule has 3 aliphatic carbocycles. The highest BCUT2D eigenvalue weighted by atomic mass is 127. The number of alkyl halides is 3. The minimum Gasteiger partial charge on any atom is -0.204 e. The summed E-state index contributed by atoms with van der Waals surface area (Å²) in [6, 6.07) is 2.32. The van der Waals surface area contributed by atoms with Crippen LogP contribution in [0.4, 0.5) is 17.6 Å². The van der Waals surface area contributed by atoms with Crippen molar-refractivity contribution in [2.45, 2.75) is 67.6 Å². The van der Waals surface area contributed by atoms with Crippen LogP contribution in [0, 0.1) is 35.3 Å². The van der Waals surface area contributed by atoms with Crippen LogP contribution in [-0.2, 0) is 12.3 Å². The Kier molecular flexibility index (Phi) is 5.30. The number of rotatable bonds is 2. The van der Waals surface area contributed by atoms with Gasteiger partial charge in [0.15, 0.2) is 11.6 Å². The van der Waals surface area contributed by atoms with Crippen molar-refractivity contribution in [3.63, 3.8) is 0 Å². The smallest absolute Gasteiger partial charge is 0.204 e. The lowest BCUT2D eigenvalue weighted by atomic mass is 9.68. The van der Waals surface area contributed by atoms with E-state index in [1.165, 1.54) is 31.7 Å². The molecule has 0 amide bonds. The third-order valence-corrected chi connectivity index (χ3v) is 8.42. The van der Waals surface area contributed by atoms with E-state index >= 15 is 0 Å². The lowest BCUT2D eigenvalue weighted by molar-refractivity contribution is -0.0855. The van der Waals surface area contributed by atoms with Gasteiger partial charge in [0.05, 0.1) is 5.56 Å².